The van der Waals surface area contributed by atoms with Crippen molar-refractivity contribution in [2.75, 3.05) is 23.4 Å². The Morgan fingerprint density at radius 2 is 1.76 bits per heavy atom. The number of thioether (sulfide) groups is 1. The lowest BCUT2D eigenvalue weighted by Crippen LogP contribution is -2.32. The van der Waals surface area contributed by atoms with Crippen LogP contribution in [0.2, 0.25) is 5.02 Å². The summed E-state index contributed by atoms with van der Waals surface area (Å²) in [6.07, 6.45) is 0. The summed E-state index contributed by atoms with van der Waals surface area (Å²) in [4.78, 5) is 69.3. The molecule has 4 aromatic rings. The van der Waals surface area contributed by atoms with E-state index in [1.165, 1.54) is 48.5 Å². The number of aromatic hydroxyl groups is 1. The molecule has 3 atom stereocenters. The molecule has 0 radical (unpaired) electrons. The quantitative estimate of drug-likeness (QED) is 0.137. The summed E-state index contributed by atoms with van der Waals surface area (Å²) in [6, 6.07) is 16.7. The van der Waals surface area contributed by atoms with Gasteiger partial charge in [-0.25, -0.2) is 9.69 Å². The number of hydrogen-bond donors (Lipinski definition) is 3. The zero-order valence-electron chi connectivity index (χ0n) is 23.4. The predicted molar refractivity (Wildman–Crippen MR) is 168 cm³/mol. The summed E-state index contributed by atoms with van der Waals surface area (Å²) in [5.74, 6) is -3.39. The monoisotopic (exact) mass is 665 g/mol. The number of ether oxygens (including phenoxy) is 2. The minimum atomic E-state index is -0.933. The zero-order valence-corrected chi connectivity index (χ0v) is 25.8. The molecule has 3 amide bonds. The molecule has 0 bridgehead atoms. The Hall–Kier alpha value is -4.59. The van der Waals surface area contributed by atoms with Crippen molar-refractivity contribution in [2.45, 2.75) is 23.1 Å². The lowest BCUT2D eigenvalue weighted by atomic mass is 9.82. The van der Waals surface area contributed by atoms with Gasteiger partial charge in [0.2, 0.25) is 11.8 Å². The third-order valence-electron chi connectivity index (χ3n) is 7.28. The van der Waals surface area contributed by atoms with Gasteiger partial charge in [-0.2, -0.15) is 0 Å². The van der Waals surface area contributed by atoms with Crippen molar-refractivity contribution in [1.82, 2.24) is 4.98 Å². The van der Waals surface area contributed by atoms with E-state index in [9.17, 15) is 29.1 Å². The molecule has 0 aliphatic carbocycles. The Morgan fingerprint density at radius 3 is 2.47 bits per heavy atom. The zero-order chi connectivity index (χ0) is 31.8. The van der Waals surface area contributed by atoms with Crippen molar-refractivity contribution in [3.05, 3.63) is 97.4 Å². The largest absolute Gasteiger partial charge is 0.508 e. The Labute approximate surface area is 269 Å². The number of benzene rings is 3. The molecule has 1 aromatic heterocycles. The molecular formula is C31H24ClN3O8S2. The molecule has 1 fully saturated rings. The fourth-order valence-corrected chi connectivity index (χ4v) is 8.03. The molecule has 230 valence electrons. The van der Waals surface area contributed by atoms with Crippen LogP contribution < -0.4 is 19.8 Å². The SMILES string of the molecule is CCOC(=O)c1ccc(N2C(=O)C3Sc4[nH]c(=O)sc4[C@H](c4cc(Cl)ccc4OCC(=O)Nc4ccc(O)cc4)C3C2=O)cc1. The number of nitrogens with zero attached hydrogens (tertiary/aromatic N) is 1. The van der Waals surface area contributed by atoms with Crippen LogP contribution in [0, 0.1) is 5.92 Å². The summed E-state index contributed by atoms with van der Waals surface area (Å²) in [5.41, 5.74) is 1.46. The van der Waals surface area contributed by atoms with Crippen LogP contribution >= 0.6 is 34.7 Å². The van der Waals surface area contributed by atoms with E-state index in [0.717, 1.165) is 28.0 Å². The molecular weight excluding hydrogens is 642 g/mol. The van der Waals surface area contributed by atoms with Crippen molar-refractivity contribution < 1.29 is 33.8 Å². The van der Waals surface area contributed by atoms with E-state index in [4.69, 9.17) is 21.1 Å². The van der Waals surface area contributed by atoms with E-state index >= 15 is 0 Å². The normalized spacial score (nSPS) is 18.7. The molecule has 0 saturated carbocycles. The summed E-state index contributed by atoms with van der Waals surface area (Å²) in [5, 5.41) is 12.1. The highest BCUT2D eigenvalue weighted by atomic mass is 35.5. The van der Waals surface area contributed by atoms with E-state index in [1.54, 1.807) is 25.1 Å². The van der Waals surface area contributed by atoms with Gasteiger partial charge >= 0.3 is 10.8 Å². The molecule has 3 aromatic carbocycles. The number of anilines is 2. The van der Waals surface area contributed by atoms with Crippen LogP contribution in [0.1, 0.15) is 33.6 Å². The second-order valence-corrected chi connectivity index (χ2v) is 12.7. The third kappa shape index (κ3) is 5.93. The van der Waals surface area contributed by atoms with Crippen molar-refractivity contribution in [3.63, 3.8) is 0 Å². The van der Waals surface area contributed by atoms with Crippen LogP contribution in [0.3, 0.4) is 0 Å². The lowest BCUT2D eigenvalue weighted by Gasteiger charge is -2.31. The van der Waals surface area contributed by atoms with E-state index in [2.05, 4.69) is 10.3 Å². The van der Waals surface area contributed by atoms with Gasteiger partial charge in [0, 0.05) is 27.1 Å². The number of amides is 3. The van der Waals surface area contributed by atoms with Gasteiger partial charge in [0.15, 0.2) is 6.61 Å². The van der Waals surface area contributed by atoms with Crippen LogP contribution in [-0.2, 0) is 19.1 Å². The Morgan fingerprint density at radius 1 is 1.02 bits per heavy atom. The van der Waals surface area contributed by atoms with Crippen LogP contribution in [0.25, 0.3) is 0 Å². The van der Waals surface area contributed by atoms with Crippen molar-refractivity contribution >= 4 is 69.8 Å². The smallest absolute Gasteiger partial charge is 0.338 e. The summed E-state index contributed by atoms with van der Waals surface area (Å²) >= 11 is 8.47. The van der Waals surface area contributed by atoms with E-state index in [0.29, 0.717) is 26.2 Å². The molecule has 2 unspecified atom stereocenters. The van der Waals surface area contributed by atoms with Crippen molar-refractivity contribution in [2.24, 2.45) is 5.92 Å². The number of esters is 1. The molecule has 6 rings (SSSR count). The number of aromatic amines is 1. The van der Waals surface area contributed by atoms with E-state index < -0.39 is 47.4 Å². The number of imide groups is 1. The van der Waals surface area contributed by atoms with Crippen LogP contribution in [0.5, 0.6) is 11.5 Å². The molecule has 3 N–H and O–H groups in total. The first-order valence-electron chi connectivity index (χ1n) is 13.7. The fourth-order valence-electron chi connectivity index (χ4n) is 5.35. The Kier molecular flexibility index (Phi) is 8.40. The highest BCUT2D eigenvalue weighted by Gasteiger charge is 2.57. The van der Waals surface area contributed by atoms with Gasteiger partial charge in [0.1, 0.15) is 16.7 Å². The van der Waals surface area contributed by atoms with Crippen molar-refractivity contribution in [3.8, 4) is 11.5 Å². The highest BCUT2D eigenvalue weighted by molar-refractivity contribution is 8.00. The first-order valence-corrected chi connectivity index (χ1v) is 15.8. The summed E-state index contributed by atoms with van der Waals surface area (Å²) in [6.45, 7) is 1.50. The van der Waals surface area contributed by atoms with Gasteiger partial charge in [-0.05, 0) is 73.7 Å². The van der Waals surface area contributed by atoms with Crippen LogP contribution in [-0.4, -0.2) is 52.2 Å². The fraction of sp³-hybridized carbons (Fsp3) is 0.194. The number of phenolic OH excluding ortho intramolecular Hbond substituents is 1. The van der Waals surface area contributed by atoms with E-state index in [1.807, 2.05) is 0 Å². The Balaban J connectivity index is 1.33. The molecule has 14 heteroatoms. The van der Waals surface area contributed by atoms with Gasteiger partial charge in [0.25, 0.3) is 5.91 Å². The summed E-state index contributed by atoms with van der Waals surface area (Å²) < 4.78 is 11.0. The van der Waals surface area contributed by atoms with Gasteiger partial charge in [-0.1, -0.05) is 34.7 Å². The minimum absolute atomic E-state index is 0.0534. The van der Waals surface area contributed by atoms with Crippen molar-refractivity contribution in [1.29, 1.82) is 0 Å². The minimum Gasteiger partial charge on any atom is -0.508 e. The number of aromatic nitrogens is 1. The standard InChI is InChI=1S/C31H24ClN3O8S2/c1-2-42-30(40)15-3-8-18(9-4-15)35-28(38)24-23(25-27(34-31(41)45-25)44-26(24)29(35)39)20-13-16(32)5-12-21(20)43-14-22(37)33-17-6-10-19(36)11-7-17/h3-13,23-24,26,36H,2,14H2,1H3,(H,33,37)(H,34,41)/t23-,24?,26?/m1/s1. The Bertz CT molecular complexity index is 1870. The van der Waals surface area contributed by atoms with Crippen LogP contribution in [0.4, 0.5) is 11.4 Å². The average molecular weight is 666 g/mol. The first-order chi connectivity index (χ1) is 21.6. The van der Waals surface area contributed by atoms with Gasteiger partial charge < -0.3 is 24.9 Å². The first kappa shape index (κ1) is 30.4. The third-order valence-corrected chi connectivity index (χ3v) is 9.91. The van der Waals surface area contributed by atoms with Gasteiger partial charge in [-0.3, -0.25) is 19.2 Å². The van der Waals surface area contributed by atoms with Crippen LogP contribution in [0.15, 0.2) is 76.6 Å². The lowest BCUT2D eigenvalue weighted by molar-refractivity contribution is -0.122. The molecule has 45 heavy (non-hydrogen) atoms. The number of carbonyl (C=O) groups excluding carboxylic acids is 4. The van der Waals surface area contributed by atoms with E-state index in [-0.39, 0.29) is 34.2 Å². The number of hydrogen-bond acceptors (Lipinski definition) is 10. The van der Waals surface area contributed by atoms with Gasteiger partial charge in [0.05, 0.1) is 28.8 Å². The number of carbonyl (C=O) groups is 4. The number of phenols is 1. The molecule has 3 heterocycles. The highest BCUT2D eigenvalue weighted by Crippen LogP contribution is 2.54. The molecule has 2 aliphatic heterocycles. The predicted octanol–water partition coefficient (Wildman–Crippen LogP) is 4.79. The number of fused-ring (bicyclic) bond motifs is 2. The maximum atomic E-state index is 14.1. The number of H-pyrrole nitrogens is 1. The number of thiazole rings is 1. The molecule has 11 nitrogen and oxygen atoms in total. The molecule has 1 saturated heterocycles. The second-order valence-electron chi connectivity index (χ2n) is 10.1. The topological polar surface area (TPSA) is 155 Å². The summed E-state index contributed by atoms with van der Waals surface area (Å²) in [7, 11) is 0. The maximum Gasteiger partial charge on any atom is 0.338 e. The van der Waals surface area contributed by atoms with Gasteiger partial charge in [-0.15, -0.1) is 0 Å². The second kappa shape index (κ2) is 12.4. The number of halogens is 1. The molecule has 0 spiro atoms. The molecule has 2 aliphatic rings. The average Bonchev–Trinajstić information content (AvgIpc) is 3.51. The number of nitrogens with one attached hydrogen (secondary N) is 2. The maximum absolute atomic E-state index is 14.1. The number of rotatable bonds is 8.